The molecular weight excluding hydrogens is 364 g/mol. The van der Waals surface area contributed by atoms with Gasteiger partial charge in [0, 0.05) is 16.1 Å². The molecular formula is C19H13ClN6O. The van der Waals surface area contributed by atoms with Gasteiger partial charge in [0.05, 0.1) is 12.1 Å². The van der Waals surface area contributed by atoms with Gasteiger partial charge in [-0.05, 0) is 42.5 Å². The number of nitrogens with one attached hydrogen (secondary N) is 1. The zero-order valence-electron chi connectivity index (χ0n) is 14.0. The van der Waals surface area contributed by atoms with E-state index < -0.39 is 0 Å². The van der Waals surface area contributed by atoms with Crippen LogP contribution in [0.15, 0.2) is 65.2 Å². The molecule has 0 spiro atoms. The van der Waals surface area contributed by atoms with Crippen molar-refractivity contribution in [3.05, 3.63) is 77.2 Å². The van der Waals surface area contributed by atoms with Crippen molar-refractivity contribution in [3.63, 3.8) is 0 Å². The Balaban J connectivity index is 1.50. The number of hydrogen-bond acceptors (Lipinski definition) is 6. The molecule has 27 heavy (non-hydrogen) atoms. The average molecular weight is 377 g/mol. The van der Waals surface area contributed by atoms with E-state index in [-0.39, 0.29) is 0 Å². The predicted molar refractivity (Wildman–Crippen MR) is 102 cm³/mol. The summed E-state index contributed by atoms with van der Waals surface area (Å²) in [6, 6.07) is 18.9. The van der Waals surface area contributed by atoms with Crippen LogP contribution in [0.1, 0.15) is 11.5 Å². The van der Waals surface area contributed by atoms with Crippen LogP contribution in [0.5, 0.6) is 0 Å². The van der Waals surface area contributed by atoms with Crippen molar-refractivity contribution in [2.24, 2.45) is 0 Å². The molecule has 3 heterocycles. The molecule has 0 radical (unpaired) electrons. The number of anilines is 2. The molecule has 0 bridgehead atoms. The minimum Gasteiger partial charge on any atom is -0.356 e. The average Bonchev–Trinajstić information content (AvgIpc) is 3.27. The van der Waals surface area contributed by atoms with E-state index in [1.54, 1.807) is 4.52 Å². The number of fused-ring (bicyclic) bond motifs is 2. The quantitative estimate of drug-likeness (QED) is 0.505. The minimum atomic E-state index is 0.464. The van der Waals surface area contributed by atoms with Crippen molar-refractivity contribution < 1.29 is 4.52 Å². The Morgan fingerprint density at radius 1 is 1.00 bits per heavy atom. The van der Waals surface area contributed by atoms with E-state index >= 15 is 0 Å². The molecule has 5 rings (SSSR count). The van der Waals surface area contributed by atoms with Crippen molar-refractivity contribution in [3.8, 4) is 0 Å². The van der Waals surface area contributed by atoms with Crippen molar-refractivity contribution in [1.82, 2.24) is 25.0 Å². The maximum atomic E-state index is 6.04. The fraction of sp³-hybridized carbons (Fsp3) is 0.0526. The molecule has 0 saturated heterocycles. The summed E-state index contributed by atoms with van der Waals surface area (Å²) in [5, 5.41) is 22.1. The molecule has 7 nitrogen and oxygen atoms in total. The maximum absolute atomic E-state index is 6.04. The molecule has 0 saturated carbocycles. The van der Waals surface area contributed by atoms with E-state index in [1.807, 2.05) is 60.7 Å². The second-order valence-electron chi connectivity index (χ2n) is 6.04. The Labute approximate surface area is 158 Å². The summed E-state index contributed by atoms with van der Waals surface area (Å²) < 4.78 is 7.08. The Bertz CT molecular complexity index is 1260. The second kappa shape index (κ2) is 6.37. The number of benzene rings is 2. The number of rotatable bonds is 4. The highest BCUT2D eigenvalue weighted by molar-refractivity contribution is 6.30. The molecule has 0 aliphatic carbocycles. The summed E-state index contributed by atoms with van der Waals surface area (Å²) in [5.41, 5.74) is 3.06. The van der Waals surface area contributed by atoms with Crippen LogP contribution in [0.25, 0.3) is 16.6 Å². The zero-order chi connectivity index (χ0) is 18.2. The van der Waals surface area contributed by atoms with Gasteiger partial charge in [-0.15, -0.1) is 15.3 Å². The highest BCUT2D eigenvalue weighted by atomic mass is 35.5. The summed E-state index contributed by atoms with van der Waals surface area (Å²) in [4.78, 5) is 0. The Morgan fingerprint density at radius 3 is 2.85 bits per heavy atom. The number of para-hydroxylation sites is 1. The molecule has 2 aromatic carbocycles. The molecule has 3 aromatic heterocycles. The van der Waals surface area contributed by atoms with Crippen LogP contribution in [-0.2, 0) is 6.42 Å². The van der Waals surface area contributed by atoms with Gasteiger partial charge < -0.3 is 9.84 Å². The van der Waals surface area contributed by atoms with Crippen molar-refractivity contribution in [1.29, 1.82) is 0 Å². The Kier molecular flexibility index (Phi) is 3.72. The fourth-order valence-electron chi connectivity index (χ4n) is 2.94. The smallest absolute Gasteiger partial charge is 0.178 e. The Morgan fingerprint density at radius 2 is 1.93 bits per heavy atom. The van der Waals surface area contributed by atoms with E-state index in [1.165, 1.54) is 0 Å². The number of aromatic nitrogens is 5. The highest BCUT2D eigenvalue weighted by Gasteiger charge is 2.14. The monoisotopic (exact) mass is 376 g/mol. The first-order valence-corrected chi connectivity index (χ1v) is 8.71. The van der Waals surface area contributed by atoms with Crippen LogP contribution in [0, 0.1) is 0 Å². The molecule has 0 amide bonds. The third-order valence-electron chi connectivity index (χ3n) is 4.20. The molecule has 0 unspecified atom stereocenters. The zero-order valence-corrected chi connectivity index (χ0v) is 14.8. The second-order valence-corrected chi connectivity index (χ2v) is 6.48. The molecule has 0 atom stereocenters. The first-order valence-electron chi connectivity index (χ1n) is 8.33. The Hall–Kier alpha value is -3.45. The lowest BCUT2D eigenvalue weighted by Crippen LogP contribution is -2.03. The molecule has 0 fully saturated rings. The topological polar surface area (TPSA) is 81.1 Å². The van der Waals surface area contributed by atoms with Gasteiger partial charge in [-0.3, -0.25) is 0 Å². The minimum absolute atomic E-state index is 0.464. The molecule has 5 aromatic rings. The third-order valence-corrected chi connectivity index (χ3v) is 4.44. The van der Waals surface area contributed by atoms with Gasteiger partial charge in [0.25, 0.3) is 0 Å². The molecule has 1 N–H and O–H groups in total. The van der Waals surface area contributed by atoms with Gasteiger partial charge in [0.2, 0.25) is 0 Å². The summed E-state index contributed by atoms with van der Waals surface area (Å²) >= 11 is 6.04. The van der Waals surface area contributed by atoms with E-state index in [4.69, 9.17) is 16.1 Å². The lowest BCUT2D eigenvalue weighted by molar-refractivity contribution is 0.447. The van der Waals surface area contributed by atoms with E-state index in [0.717, 1.165) is 22.4 Å². The normalized spacial score (nSPS) is 11.3. The van der Waals surface area contributed by atoms with Gasteiger partial charge in [0.15, 0.2) is 22.9 Å². The SMILES string of the molecule is Clc1cccc(Nc2ccc3nnc(Cc4noc5ccccc45)n3n2)c1. The highest BCUT2D eigenvalue weighted by Crippen LogP contribution is 2.22. The van der Waals surface area contributed by atoms with Gasteiger partial charge in [-0.25, -0.2) is 0 Å². The van der Waals surface area contributed by atoms with Gasteiger partial charge in [-0.2, -0.15) is 4.52 Å². The maximum Gasteiger partial charge on any atom is 0.178 e. The van der Waals surface area contributed by atoms with Crippen LogP contribution in [0.4, 0.5) is 11.5 Å². The lowest BCUT2D eigenvalue weighted by Gasteiger charge is -2.06. The largest absolute Gasteiger partial charge is 0.356 e. The lowest BCUT2D eigenvalue weighted by atomic mass is 10.2. The van der Waals surface area contributed by atoms with Crippen LogP contribution in [0.2, 0.25) is 5.02 Å². The van der Waals surface area contributed by atoms with Crippen LogP contribution < -0.4 is 5.32 Å². The molecule has 8 heteroatoms. The number of hydrogen-bond donors (Lipinski definition) is 1. The van der Waals surface area contributed by atoms with Gasteiger partial charge in [-0.1, -0.05) is 35.0 Å². The fourth-order valence-corrected chi connectivity index (χ4v) is 3.13. The van der Waals surface area contributed by atoms with Crippen LogP contribution >= 0.6 is 11.6 Å². The first-order chi connectivity index (χ1) is 13.3. The summed E-state index contributed by atoms with van der Waals surface area (Å²) in [5.74, 6) is 1.34. The van der Waals surface area contributed by atoms with E-state index in [0.29, 0.717) is 28.7 Å². The van der Waals surface area contributed by atoms with Gasteiger partial charge in [0.1, 0.15) is 0 Å². The number of nitrogens with zero attached hydrogens (tertiary/aromatic N) is 5. The molecule has 0 aliphatic rings. The van der Waals surface area contributed by atoms with Crippen LogP contribution in [-0.4, -0.2) is 25.0 Å². The summed E-state index contributed by atoms with van der Waals surface area (Å²) in [7, 11) is 0. The standard InChI is InChI=1S/C19H13ClN6O/c20-12-4-3-5-13(10-12)21-17-8-9-18-22-23-19(26(18)24-17)11-15-14-6-1-2-7-16(14)27-25-15/h1-10H,11H2,(H,21,24). The third kappa shape index (κ3) is 2.98. The summed E-state index contributed by atoms with van der Waals surface area (Å²) in [6.07, 6.45) is 0.464. The van der Waals surface area contributed by atoms with Crippen molar-refractivity contribution in [2.45, 2.75) is 6.42 Å². The van der Waals surface area contributed by atoms with Gasteiger partial charge >= 0.3 is 0 Å². The summed E-state index contributed by atoms with van der Waals surface area (Å²) in [6.45, 7) is 0. The predicted octanol–water partition coefficient (Wildman–Crippen LogP) is 4.25. The van der Waals surface area contributed by atoms with E-state index in [9.17, 15) is 0 Å². The van der Waals surface area contributed by atoms with Crippen LogP contribution in [0.3, 0.4) is 0 Å². The number of halogens is 1. The van der Waals surface area contributed by atoms with E-state index in [2.05, 4.69) is 25.8 Å². The van der Waals surface area contributed by atoms with Crippen molar-refractivity contribution in [2.75, 3.05) is 5.32 Å². The molecule has 0 aliphatic heterocycles. The molecule has 132 valence electrons. The first kappa shape index (κ1) is 15.8. The van der Waals surface area contributed by atoms with Crippen molar-refractivity contribution >= 4 is 39.7 Å².